The third-order valence-electron chi connectivity index (χ3n) is 3.15. The molecule has 6 nitrogen and oxygen atoms in total. The van der Waals surface area contributed by atoms with E-state index in [0.29, 0.717) is 5.69 Å². The summed E-state index contributed by atoms with van der Waals surface area (Å²) in [5, 5.41) is 3.11. The summed E-state index contributed by atoms with van der Waals surface area (Å²) in [7, 11) is 1.88. The summed E-state index contributed by atoms with van der Waals surface area (Å²) in [5.41, 5.74) is 0.00790. The highest BCUT2D eigenvalue weighted by atomic mass is 16.2. The average molecular weight is 238 g/mol. The number of piperidine rings is 1. The maximum atomic E-state index is 12.2. The van der Waals surface area contributed by atoms with Crippen molar-refractivity contribution in [3.05, 3.63) is 22.4 Å². The number of carbonyl (C=O) groups is 1. The van der Waals surface area contributed by atoms with Gasteiger partial charge in [-0.3, -0.25) is 4.79 Å². The zero-order valence-corrected chi connectivity index (χ0v) is 9.95. The fraction of sp³-hybridized carbons (Fsp3) is 0.636. The lowest BCUT2D eigenvalue weighted by Gasteiger charge is -2.35. The number of aromatic nitrogens is 2. The summed E-state index contributed by atoms with van der Waals surface area (Å²) >= 11 is 0. The second-order valence-corrected chi connectivity index (χ2v) is 4.36. The van der Waals surface area contributed by atoms with Crippen LogP contribution in [0.25, 0.3) is 0 Å². The molecule has 1 atom stereocenters. The van der Waals surface area contributed by atoms with Crippen molar-refractivity contribution < 1.29 is 4.79 Å². The summed E-state index contributed by atoms with van der Waals surface area (Å²) in [6.07, 6.45) is 4.64. The highest BCUT2D eigenvalue weighted by Crippen LogP contribution is 2.18. The van der Waals surface area contributed by atoms with Gasteiger partial charge >= 0.3 is 5.69 Å². The van der Waals surface area contributed by atoms with Gasteiger partial charge in [-0.2, -0.15) is 0 Å². The van der Waals surface area contributed by atoms with Gasteiger partial charge in [-0.1, -0.05) is 0 Å². The Kier molecular flexibility index (Phi) is 3.63. The highest BCUT2D eigenvalue weighted by molar-refractivity contribution is 5.92. The van der Waals surface area contributed by atoms with Gasteiger partial charge in [-0.25, -0.2) is 4.79 Å². The fourth-order valence-electron chi connectivity index (χ4n) is 2.32. The van der Waals surface area contributed by atoms with Gasteiger partial charge in [0, 0.05) is 25.3 Å². The number of aromatic amines is 2. The molecule has 17 heavy (non-hydrogen) atoms. The van der Waals surface area contributed by atoms with Crippen molar-refractivity contribution in [2.24, 2.45) is 0 Å². The van der Waals surface area contributed by atoms with Crippen LogP contribution in [-0.4, -0.2) is 47.0 Å². The van der Waals surface area contributed by atoms with Crippen molar-refractivity contribution in [2.45, 2.75) is 25.3 Å². The topological polar surface area (TPSA) is 81.0 Å². The van der Waals surface area contributed by atoms with Gasteiger partial charge in [-0.05, 0) is 26.3 Å². The van der Waals surface area contributed by atoms with Crippen LogP contribution in [0.15, 0.2) is 11.0 Å². The van der Waals surface area contributed by atoms with E-state index >= 15 is 0 Å². The zero-order valence-electron chi connectivity index (χ0n) is 9.95. The van der Waals surface area contributed by atoms with Crippen LogP contribution < -0.4 is 11.0 Å². The summed E-state index contributed by atoms with van der Waals surface area (Å²) in [6, 6.07) is 0.222. The van der Waals surface area contributed by atoms with E-state index in [4.69, 9.17) is 0 Å². The smallest absolute Gasteiger partial charge is 0.323 e. The van der Waals surface area contributed by atoms with Gasteiger partial charge in [0.1, 0.15) is 5.69 Å². The number of carbonyl (C=O) groups excluding carboxylic acids is 1. The Morgan fingerprint density at radius 3 is 3.06 bits per heavy atom. The van der Waals surface area contributed by atoms with E-state index in [0.717, 1.165) is 32.4 Å². The number of hydrogen-bond donors (Lipinski definition) is 3. The lowest BCUT2D eigenvalue weighted by atomic mass is 10.0. The molecule has 94 valence electrons. The summed E-state index contributed by atoms with van der Waals surface area (Å²) < 4.78 is 0. The van der Waals surface area contributed by atoms with E-state index in [2.05, 4.69) is 15.3 Å². The van der Waals surface area contributed by atoms with Crippen molar-refractivity contribution in [1.29, 1.82) is 0 Å². The third-order valence-corrected chi connectivity index (χ3v) is 3.15. The van der Waals surface area contributed by atoms with E-state index in [1.165, 1.54) is 6.20 Å². The van der Waals surface area contributed by atoms with E-state index < -0.39 is 0 Å². The molecule has 2 rings (SSSR count). The Morgan fingerprint density at radius 2 is 2.41 bits per heavy atom. The molecule has 1 aliphatic heterocycles. The predicted octanol–water partition coefficient (Wildman–Crippen LogP) is -0.0829. The lowest BCUT2D eigenvalue weighted by Crippen LogP contribution is -2.48. The molecule has 3 N–H and O–H groups in total. The van der Waals surface area contributed by atoms with Gasteiger partial charge in [0.15, 0.2) is 0 Å². The number of likely N-dealkylation sites (N-methyl/N-ethyl adjacent to an activating group) is 1. The number of amides is 1. The van der Waals surface area contributed by atoms with Crippen molar-refractivity contribution in [3.8, 4) is 0 Å². The van der Waals surface area contributed by atoms with E-state index in [1.807, 2.05) is 11.9 Å². The molecule has 0 spiro atoms. The van der Waals surface area contributed by atoms with Crippen LogP contribution in [0.5, 0.6) is 0 Å². The molecule has 6 heteroatoms. The van der Waals surface area contributed by atoms with Crippen molar-refractivity contribution in [2.75, 3.05) is 20.1 Å². The minimum atomic E-state index is -0.337. The number of nitrogens with zero attached hydrogens (tertiary/aromatic N) is 1. The zero-order chi connectivity index (χ0) is 12.3. The molecule has 1 aromatic heterocycles. The Bertz CT molecular complexity index is 435. The van der Waals surface area contributed by atoms with Gasteiger partial charge in [0.25, 0.3) is 5.91 Å². The van der Waals surface area contributed by atoms with Gasteiger partial charge in [0.2, 0.25) is 0 Å². The van der Waals surface area contributed by atoms with Crippen LogP contribution in [0.1, 0.15) is 29.8 Å². The van der Waals surface area contributed by atoms with Gasteiger partial charge in [-0.15, -0.1) is 0 Å². The second kappa shape index (κ2) is 5.18. The fourth-order valence-corrected chi connectivity index (χ4v) is 2.32. The molecule has 0 radical (unpaired) electrons. The number of likely N-dealkylation sites (tertiary alicyclic amines) is 1. The van der Waals surface area contributed by atoms with Crippen LogP contribution in [0.2, 0.25) is 0 Å². The molecule has 1 fully saturated rings. The maximum absolute atomic E-state index is 12.2. The summed E-state index contributed by atoms with van der Waals surface area (Å²) in [6.45, 7) is 1.55. The molecular formula is C11H18N4O2. The number of H-pyrrole nitrogens is 2. The summed E-state index contributed by atoms with van der Waals surface area (Å²) in [5.74, 6) is -0.0942. The van der Waals surface area contributed by atoms with Crippen molar-refractivity contribution >= 4 is 5.91 Å². The molecule has 0 aromatic carbocycles. The molecular weight excluding hydrogens is 220 g/mol. The molecule has 1 unspecified atom stereocenters. The standard InChI is InChI=1S/C11H18N4O2/c1-12-6-8-4-2-3-5-15(8)10(16)9-7-13-11(17)14-9/h7-8,12H,2-6H2,1H3,(H2,13,14,17). The highest BCUT2D eigenvalue weighted by Gasteiger charge is 2.27. The Morgan fingerprint density at radius 1 is 1.59 bits per heavy atom. The largest absolute Gasteiger partial charge is 0.333 e. The van der Waals surface area contributed by atoms with Crippen LogP contribution >= 0.6 is 0 Å². The minimum Gasteiger partial charge on any atom is -0.333 e. The third kappa shape index (κ3) is 2.58. The molecule has 1 aliphatic rings. The molecule has 1 aromatic rings. The molecule has 1 saturated heterocycles. The molecule has 0 aliphatic carbocycles. The predicted molar refractivity (Wildman–Crippen MR) is 64.0 cm³/mol. The monoisotopic (exact) mass is 238 g/mol. The maximum Gasteiger partial charge on any atom is 0.323 e. The molecule has 2 heterocycles. The Balaban J connectivity index is 2.13. The van der Waals surface area contributed by atoms with E-state index in [1.54, 1.807) is 0 Å². The van der Waals surface area contributed by atoms with Crippen LogP contribution in [0.4, 0.5) is 0 Å². The first kappa shape index (κ1) is 11.9. The minimum absolute atomic E-state index is 0.0942. The molecule has 1 amide bonds. The lowest BCUT2D eigenvalue weighted by molar-refractivity contribution is 0.0609. The Hall–Kier alpha value is -1.56. The summed E-state index contributed by atoms with van der Waals surface area (Å²) in [4.78, 5) is 30.0. The average Bonchev–Trinajstić information content (AvgIpc) is 2.76. The number of nitrogens with one attached hydrogen (secondary N) is 3. The van der Waals surface area contributed by atoms with Crippen molar-refractivity contribution in [1.82, 2.24) is 20.2 Å². The SMILES string of the molecule is CNCC1CCCCN1C(=O)c1c[nH]c(=O)[nH]1. The van der Waals surface area contributed by atoms with E-state index in [9.17, 15) is 9.59 Å². The number of rotatable bonds is 3. The van der Waals surface area contributed by atoms with Gasteiger partial charge in [0.05, 0.1) is 0 Å². The normalized spacial score (nSPS) is 20.5. The first-order chi connectivity index (χ1) is 8.22. The number of hydrogen-bond acceptors (Lipinski definition) is 3. The first-order valence-electron chi connectivity index (χ1n) is 5.95. The Labute approximate surface area is 99.4 Å². The molecule has 0 bridgehead atoms. The van der Waals surface area contributed by atoms with Gasteiger partial charge < -0.3 is 20.2 Å². The quantitative estimate of drug-likeness (QED) is 0.689. The van der Waals surface area contributed by atoms with E-state index in [-0.39, 0.29) is 17.6 Å². The number of imidazole rings is 1. The molecule has 0 saturated carbocycles. The van der Waals surface area contributed by atoms with Crippen LogP contribution in [0.3, 0.4) is 0 Å². The van der Waals surface area contributed by atoms with Crippen LogP contribution in [-0.2, 0) is 0 Å². The van der Waals surface area contributed by atoms with Crippen molar-refractivity contribution in [3.63, 3.8) is 0 Å². The second-order valence-electron chi connectivity index (χ2n) is 4.36. The van der Waals surface area contributed by atoms with Crippen LogP contribution in [0, 0.1) is 0 Å². The first-order valence-corrected chi connectivity index (χ1v) is 5.95.